The summed E-state index contributed by atoms with van der Waals surface area (Å²) < 4.78 is 0. The molecule has 0 spiro atoms. The van der Waals surface area contributed by atoms with Crippen LogP contribution in [0.2, 0.25) is 5.02 Å². The lowest BCUT2D eigenvalue weighted by atomic mass is 10.1. The second-order valence-electron chi connectivity index (χ2n) is 3.58. The van der Waals surface area contributed by atoms with Crippen molar-refractivity contribution in [3.63, 3.8) is 0 Å². The summed E-state index contributed by atoms with van der Waals surface area (Å²) in [6.45, 7) is 1.70. The van der Waals surface area contributed by atoms with E-state index in [4.69, 9.17) is 11.6 Å². The van der Waals surface area contributed by atoms with E-state index < -0.39 is 0 Å². The predicted octanol–water partition coefficient (Wildman–Crippen LogP) is 1.62. The van der Waals surface area contributed by atoms with Crippen molar-refractivity contribution in [2.24, 2.45) is 0 Å². The fraction of sp³-hybridized carbons (Fsp3) is 0.400. The van der Waals surface area contributed by atoms with Crippen LogP contribution in [0.3, 0.4) is 0 Å². The van der Waals surface area contributed by atoms with Gasteiger partial charge in [-0.2, -0.15) is 0 Å². The van der Waals surface area contributed by atoms with Gasteiger partial charge in [0.2, 0.25) is 0 Å². The number of nitrogens with zero attached hydrogens (tertiary/aromatic N) is 2. The Bertz CT molecular complexity index is 385. The van der Waals surface area contributed by atoms with Crippen molar-refractivity contribution in [3.8, 4) is 0 Å². The molecule has 0 bridgehead atoms. The third kappa shape index (κ3) is 3.45. The molecule has 1 aromatic rings. The first-order valence-corrected chi connectivity index (χ1v) is 5.15. The van der Waals surface area contributed by atoms with Gasteiger partial charge in [-0.25, -0.2) is 0 Å². The zero-order valence-electron chi connectivity index (χ0n) is 9.22. The Morgan fingerprint density at radius 2 is 2.18 bits per heavy atom. The zero-order valence-corrected chi connectivity index (χ0v) is 11.6. The molecular weight excluding hydrogens is 284 g/mol. The summed E-state index contributed by atoms with van der Waals surface area (Å²) in [5.41, 5.74) is 0.515. The van der Waals surface area contributed by atoms with E-state index in [0.29, 0.717) is 10.6 Å². The largest absolute Gasteiger partial charge is 0.336 e. The Morgan fingerprint density at radius 3 is 2.65 bits per heavy atom. The molecule has 17 heavy (non-hydrogen) atoms. The Morgan fingerprint density at radius 1 is 1.53 bits per heavy atom. The Balaban J connectivity index is 0.00000128. The molecule has 1 fully saturated rings. The number of aromatic nitrogens is 1. The maximum atomic E-state index is 12.0. The van der Waals surface area contributed by atoms with Gasteiger partial charge in [-0.1, -0.05) is 11.6 Å². The van der Waals surface area contributed by atoms with E-state index in [1.54, 1.807) is 24.2 Å². The van der Waals surface area contributed by atoms with Crippen molar-refractivity contribution >= 4 is 42.3 Å². The number of carbonyl (C=O) groups excluding carboxylic acids is 1. The number of amides is 1. The molecule has 1 amide bonds. The van der Waals surface area contributed by atoms with E-state index >= 15 is 0 Å². The molecule has 1 N–H and O–H groups in total. The molecule has 1 aromatic heterocycles. The van der Waals surface area contributed by atoms with E-state index in [0.717, 1.165) is 13.1 Å². The molecule has 0 aromatic carbocycles. The van der Waals surface area contributed by atoms with Gasteiger partial charge < -0.3 is 10.2 Å². The molecule has 0 unspecified atom stereocenters. The Kier molecular flexibility index (Phi) is 6.78. The van der Waals surface area contributed by atoms with Gasteiger partial charge in [0.25, 0.3) is 5.91 Å². The van der Waals surface area contributed by atoms with Gasteiger partial charge in [0.15, 0.2) is 0 Å². The van der Waals surface area contributed by atoms with Crippen LogP contribution in [0.1, 0.15) is 10.4 Å². The third-order valence-corrected chi connectivity index (χ3v) is 2.93. The van der Waals surface area contributed by atoms with Crippen LogP contribution in [-0.2, 0) is 0 Å². The highest BCUT2D eigenvalue weighted by molar-refractivity contribution is 6.33. The molecule has 1 aliphatic rings. The number of carbonyl (C=O) groups is 1. The number of rotatable bonds is 2. The Hall–Kier alpha value is -0.550. The van der Waals surface area contributed by atoms with E-state index in [2.05, 4.69) is 10.3 Å². The zero-order chi connectivity index (χ0) is 10.8. The minimum Gasteiger partial charge on any atom is -0.336 e. The molecule has 4 nitrogen and oxygen atoms in total. The second-order valence-corrected chi connectivity index (χ2v) is 3.99. The molecule has 96 valence electrons. The van der Waals surface area contributed by atoms with Crippen LogP contribution in [0, 0.1) is 0 Å². The second kappa shape index (κ2) is 7.01. The van der Waals surface area contributed by atoms with Crippen LogP contribution >= 0.6 is 36.4 Å². The number of hydrogen-bond donors (Lipinski definition) is 1. The molecule has 1 saturated heterocycles. The number of hydrogen-bond acceptors (Lipinski definition) is 3. The average Bonchev–Trinajstić information content (AvgIpc) is 2.15. The van der Waals surface area contributed by atoms with E-state index in [-0.39, 0.29) is 36.8 Å². The average molecular weight is 299 g/mol. The van der Waals surface area contributed by atoms with Crippen molar-refractivity contribution in [1.29, 1.82) is 0 Å². The summed E-state index contributed by atoms with van der Waals surface area (Å²) in [6.07, 6.45) is 3.06. The van der Waals surface area contributed by atoms with Crippen molar-refractivity contribution in [3.05, 3.63) is 29.0 Å². The van der Waals surface area contributed by atoms with Gasteiger partial charge in [-0.3, -0.25) is 9.78 Å². The maximum Gasteiger partial charge on any atom is 0.255 e. The lowest BCUT2D eigenvalue weighted by molar-refractivity contribution is 0.0681. The molecular formula is C10H14Cl3N3O. The van der Waals surface area contributed by atoms with E-state index in [1.165, 1.54) is 6.20 Å². The normalized spacial score (nSPS) is 14.0. The number of likely N-dealkylation sites (N-methyl/N-ethyl adjacent to an activating group) is 1. The Labute approximate surface area is 118 Å². The molecule has 0 radical (unpaired) electrons. The van der Waals surface area contributed by atoms with Crippen LogP contribution < -0.4 is 5.32 Å². The molecule has 7 heteroatoms. The highest BCUT2D eigenvalue weighted by atomic mass is 35.5. The van der Waals surface area contributed by atoms with E-state index in [1.807, 2.05) is 0 Å². The standard InChI is InChI=1S/C10H12ClN3O.2ClH/c1-14(7-4-13-5-7)10(15)8-2-3-12-6-9(8)11;;/h2-3,6-7,13H,4-5H2,1H3;2*1H. The smallest absolute Gasteiger partial charge is 0.255 e. The first-order valence-electron chi connectivity index (χ1n) is 4.77. The van der Waals surface area contributed by atoms with Crippen LogP contribution in [-0.4, -0.2) is 42.0 Å². The summed E-state index contributed by atoms with van der Waals surface area (Å²) >= 11 is 5.90. The summed E-state index contributed by atoms with van der Waals surface area (Å²) in [4.78, 5) is 17.6. The van der Waals surface area contributed by atoms with Gasteiger partial charge in [-0.05, 0) is 6.07 Å². The van der Waals surface area contributed by atoms with Gasteiger partial charge in [0.05, 0.1) is 16.6 Å². The highest BCUT2D eigenvalue weighted by Gasteiger charge is 2.26. The molecule has 2 rings (SSSR count). The molecule has 0 atom stereocenters. The van der Waals surface area contributed by atoms with Crippen molar-refractivity contribution in [2.45, 2.75) is 6.04 Å². The van der Waals surface area contributed by atoms with Crippen LogP contribution in [0.25, 0.3) is 0 Å². The first-order chi connectivity index (χ1) is 7.20. The van der Waals surface area contributed by atoms with Crippen LogP contribution in [0.5, 0.6) is 0 Å². The molecule has 2 heterocycles. The lowest BCUT2D eigenvalue weighted by Gasteiger charge is -2.35. The maximum absolute atomic E-state index is 12.0. The highest BCUT2D eigenvalue weighted by Crippen LogP contribution is 2.17. The quantitative estimate of drug-likeness (QED) is 0.902. The summed E-state index contributed by atoms with van der Waals surface area (Å²) in [7, 11) is 1.80. The fourth-order valence-corrected chi connectivity index (χ4v) is 1.65. The monoisotopic (exact) mass is 297 g/mol. The van der Waals surface area contributed by atoms with E-state index in [9.17, 15) is 4.79 Å². The fourth-order valence-electron chi connectivity index (χ4n) is 1.45. The number of halogens is 3. The van der Waals surface area contributed by atoms with Gasteiger partial charge in [0.1, 0.15) is 0 Å². The first kappa shape index (κ1) is 16.4. The van der Waals surface area contributed by atoms with Crippen LogP contribution in [0.15, 0.2) is 18.5 Å². The SMILES string of the molecule is CN(C(=O)c1ccncc1Cl)C1CNC1.Cl.Cl. The van der Waals surface area contributed by atoms with Crippen LogP contribution in [0.4, 0.5) is 0 Å². The summed E-state index contributed by atoms with van der Waals surface area (Å²) in [5.74, 6) is -0.0473. The summed E-state index contributed by atoms with van der Waals surface area (Å²) in [6, 6.07) is 1.93. The molecule has 0 aliphatic carbocycles. The van der Waals surface area contributed by atoms with Crippen molar-refractivity contribution < 1.29 is 4.79 Å². The topological polar surface area (TPSA) is 45.2 Å². The predicted molar refractivity (Wildman–Crippen MR) is 72.5 cm³/mol. The van der Waals surface area contributed by atoms with Gasteiger partial charge in [0, 0.05) is 32.5 Å². The van der Waals surface area contributed by atoms with Crippen molar-refractivity contribution in [2.75, 3.05) is 20.1 Å². The van der Waals surface area contributed by atoms with Gasteiger partial charge >= 0.3 is 0 Å². The molecule has 1 aliphatic heterocycles. The molecule has 0 saturated carbocycles. The lowest BCUT2D eigenvalue weighted by Crippen LogP contribution is -2.57. The third-order valence-electron chi connectivity index (χ3n) is 2.63. The minimum atomic E-state index is -0.0473. The minimum absolute atomic E-state index is 0. The summed E-state index contributed by atoms with van der Waals surface area (Å²) in [5, 5.41) is 3.53. The number of nitrogens with one attached hydrogen (secondary N) is 1. The number of pyridine rings is 1. The van der Waals surface area contributed by atoms with Crippen molar-refractivity contribution in [1.82, 2.24) is 15.2 Å². The van der Waals surface area contributed by atoms with Gasteiger partial charge in [-0.15, -0.1) is 24.8 Å².